The molecule has 6 nitrogen and oxygen atoms in total. The number of hydrogen-bond donors (Lipinski definition) is 1. The van der Waals surface area contributed by atoms with E-state index in [1.54, 1.807) is 19.2 Å². The van der Waals surface area contributed by atoms with Gasteiger partial charge in [-0.05, 0) is 24.1 Å². The van der Waals surface area contributed by atoms with Gasteiger partial charge in [0, 0.05) is 52.8 Å². The predicted molar refractivity (Wildman–Crippen MR) is 120 cm³/mol. The first-order valence-electron chi connectivity index (χ1n) is 9.74. The van der Waals surface area contributed by atoms with Gasteiger partial charge in [-0.25, -0.2) is 4.39 Å². The van der Waals surface area contributed by atoms with Crippen LogP contribution in [-0.2, 0) is 9.47 Å². The lowest BCUT2D eigenvalue weighted by Gasteiger charge is -2.36. The normalized spacial score (nSPS) is 21.8. The molecule has 2 aliphatic heterocycles. The maximum absolute atomic E-state index is 13.8. The first kappa shape index (κ1) is 23.3. The minimum absolute atomic E-state index is 0. The first-order valence-corrected chi connectivity index (χ1v) is 9.74. The Labute approximate surface area is 184 Å². The van der Waals surface area contributed by atoms with Crippen LogP contribution in [0, 0.1) is 11.7 Å². The summed E-state index contributed by atoms with van der Waals surface area (Å²) < 4.78 is 24.8. The summed E-state index contributed by atoms with van der Waals surface area (Å²) in [5.41, 5.74) is 0.978. The van der Waals surface area contributed by atoms with Crippen molar-refractivity contribution in [1.29, 1.82) is 0 Å². The zero-order valence-electron chi connectivity index (χ0n) is 16.8. The molecule has 0 aliphatic carbocycles. The van der Waals surface area contributed by atoms with Crippen molar-refractivity contribution in [1.82, 2.24) is 15.1 Å². The van der Waals surface area contributed by atoms with Gasteiger partial charge in [0.15, 0.2) is 5.96 Å². The molecule has 0 spiro atoms. The fourth-order valence-corrected chi connectivity index (χ4v) is 3.83. The van der Waals surface area contributed by atoms with Gasteiger partial charge in [-0.3, -0.25) is 9.89 Å². The molecule has 2 heterocycles. The van der Waals surface area contributed by atoms with Crippen LogP contribution in [-0.4, -0.2) is 82.5 Å². The Morgan fingerprint density at radius 1 is 1.32 bits per heavy atom. The highest BCUT2D eigenvalue weighted by atomic mass is 127. The van der Waals surface area contributed by atoms with Crippen LogP contribution in [0.15, 0.2) is 29.3 Å². The van der Waals surface area contributed by atoms with E-state index in [0.717, 1.165) is 50.8 Å². The van der Waals surface area contributed by atoms with Crippen molar-refractivity contribution in [2.75, 3.05) is 66.7 Å². The SMILES string of the molecule is CN=C(NCC(c1cccc(F)c1)N1CCOCC1)N(C)CC1CCOC1.I. The minimum atomic E-state index is -0.200. The van der Waals surface area contributed by atoms with Gasteiger partial charge in [0.25, 0.3) is 0 Å². The molecule has 1 aromatic rings. The Morgan fingerprint density at radius 2 is 2.11 bits per heavy atom. The van der Waals surface area contributed by atoms with Crippen molar-refractivity contribution < 1.29 is 13.9 Å². The van der Waals surface area contributed by atoms with E-state index in [0.29, 0.717) is 25.7 Å². The fraction of sp³-hybridized carbons (Fsp3) is 0.650. The summed E-state index contributed by atoms with van der Waals surface area (Å²) in [5, 5.41) is 3.49. The van der Waals surface area contributed by atoms with E-state index in [1.807, 2.05) is 6.07 Å². The molecule has 2 fully saturated rings. The molecule has 1 aromatic carbocycles. The second-order valence-electron chi connectivity index (χ2n) is 7.26. The lowest BCUT2D eigenvalue weighted by molar-refractivity contribution is 0.0168. The van der Waals surface area contributed by atoms with E-state index in [1.165, 1.54) is 6.07 Å². The van der Waals surface area contributed by atoms with E-state index in [2.05, 4.69) is 27.2 Å². The van der Waals surface area contributed by atoms with Crippen LogP contribution in [0.4, 0.5) is 4.39 Å². The Bertz CT molecular complexity index is 622. The van der Waals surface area contributed by atoms with Crippen molar-refractivity contribution >= 4 is 29.9 Å². The third kappa shape index (κ3) is 6.53. The molecule has 0 saturated carbocycles. The topological polar surface area (TPSA) is 49.3 Å². The largest absolute Gasteiger partial charge is 0.381 e. The van der Waals surface area contributed by atoms with Crippen molar-refractivity contribution in [3.8, 4) is 0 Å². The highest BCUT2D eigenvalue weighted by Crippen LogP contribution is 2.22. The lowest BCUT2D eigenvalue weighted by atomic mass is 10.0. The van der Waals surface area contributed by atoms with Gasteiger partial charge in [0.1, 0.15) is 5.82 Å². The number of rotatable bonds is 6. The van der Waals surface area contributed by atoms with Gasteiger partial charge in [0.05, 0.1) is 25.9 Å². The second kappa shape index (κ2) is 11.9. The summed E-state index contributed by atoms with van der Waals surface area (Å²) in [7, 11) is 3.86. The van der Waals surface area contributed by atoms with Crippen LogP contribution in [0.1, 0.15) is 18.0 Å². The van der Waals surface area contributed by atoms with E-state index < -0.39 is 0 Å². The Morgan fingerprint density at radius 3 is 2.75 bits per heavy atom. The van der Waals surface area contributed by atoms with Crippen LogP contribution in [0.25, 0.3) is 0 Å². The maximum Gasteiger partial charge on any atom is 0.193 e. The van der Waals surface area contributed by atoms with Crippen LogP contribution in [0.5, 0.6) is 0 Å². The molecule has 3 rings (SSSR count). The van der Waals surface area contributed by atoms with Gasteiger partial charge in [0.2, 0.25) is 0 Å². The van der Waals surface area contributed by atoms with E-state index in [9.17, 15) is 4.39 Å². The van der Waals surface area contributed by atoms with Crippen molar-refractivity contribution in [3.63, 3.8) is 0 Å². The molecule has 28 heavy (non-hydrogen) atoms. The van der Waals surface area contributed by atoms with Crippen LogP contribution >= 0.6 is 24.0 Å². The van der Waals surface area contributed by atoms with Crippen molar-refractivity contribution in [2.24, 2.45) is 10.9 Å². The van der Waals surface area contributed by atoms with Gasteiger partial charge in [-0.15, -0.1) is 24.0 Å². The Kier molecular flexibility index (Phi) is 9.90. The molecule has 2 atom stereocenters. The van der Waals surface area contributed by atoms with Crippen LogP contribution in [0.3, 0.4) is 0 Å². The summed E-state index contributed by atoms with van der Waals surface area (Å²) in [4.78, 5) is 8.94. The van der Waals surface area contributed by atoms with Crippen LogP contribution in [0.2, 0.25) is 0 Å². The van der Waals surface area contributed by atoms with Gasteiger partial charge in [-0.1, -0.05) is 12.1 Å². The quantitative estimate of drug-likeness (QED) is 0.365. The number of morpholine rings is 1. The monoisotopic (exact) mass is 506 g/mol. The minimum Gasteiger partial charge on any atom is -0.381 e. The smallest absolute Gasteiger partial charge is 0.193 e. The molecule has 8 heteroatoms. The van der Waals surface area contributed by atoms with E-state index >= 15 is 0 Å². The summed E-state index contributed by atoms with van der Waals surface area (Å²) in [6.45, 7) is 6.37. The highest BCUT2D eigenvalue weighted by Gasteiger charge is 2.24. The second-order valence-corrected chi connectivity index (χ2v) is 7.26. The van der Waals surface area contributed by atoms with E-state index in [-0.39, 0.29) is 35.8 Å². The molecule has 2 unspecified atom stereocenters. The molecule has 0 radical (unpaired) electrons. The van der Waals surface area contributed by atoms with Gasteiger partial charge >= 0.3 is 0 Å². The molecular weight excluding hydrogens is 474 g/mol. The average molecular weight is 506 g/mol. The van der Waals surface area contributed by atoms with Gasteiger partial charge < -0.3 is 19.7 Å². The number of benzene rings is 1. The number of guanidine groups is 1. The van der Waals surface area contributed by atoms with E-state index in [4.69, 9.17) is 9.47 Å². The summed E-state index contributed by atoms with van der Waals surface area (Å²) >= 11 is 0. The number of nitrogens with one attached hydrogen (secondary N) is 1. The highest BCUT2D eigenvalue weighted by molar-refractivity contribution is 14.0. The molecule has 2 aliphatic rings. The number of halogens is 2. The summed E-state index contributed by atoms with van der Waals surface area (Å²) in [6, 6.07) is 6.96. The van der Waals surface area contributed by atoms with Crippen molar-refractivity contribution in [3.05, 3.63) is 35.6 Å². The maximum atomic E-state index is 13.8. The lowest BCUT2D eigenvalue weighted by Crippen LogP contribution is -2.47. The number of nitrogens with zero attached hydrogens (tertiary/aromatic N) is 3. The Hall–Kier alpha value is -0.970. The molecule has 2 saturated heterocycles. The molecule has 0 bridgehead atoms. The zero-order valence-corrected chi connectivity index (χ0v) is 19.1. The third-order valence-corrected chi connectivity index (χ3v) is 5.30. The average Bonchev–Trinajstić information content (AvgIpc) is 3.19. The Balaban J connectivity index is 0.00000280. The number of aliphatic imine (C=N–C) groups is 1. The standard InChI is InChI=1S/C20H31FN4O2.HI/c1-22-20(24(2)14-16-6-9-27-15-16)23-13-19(25-7-10-26-11-8-25)17-4-3-5-18(21)12-17;/h3-5,12,16,19H,6-11,13-15H2,1-2H3,(H,22,23);1H. The summed E-state index contributed by atoms with van der Waals surface area (Å²) in [6.07, 6.45) is 1.10. The van der Waals surface area contributed by atoms with Gasteiger partial charge in [-0.2, -0.15) is 0 Å². The van der Waals surface area contributed by atoms with Crippen LogP contribution < -0.4 is 5.32 Å². The first-order chi connectivity index (χ1) is 13.2. The molecular formula is C20H32FIN4O2. The summed E-state index contributed by atoms with van der Waals surface area (Å²) in [5.74, 6) is 1.21. The third-order valence-electron chi connectivity index (χ3n) is 5.30. The molecule has 0 amide bonds. The molecule has 0 aromatic heterocycles. The molecule has 1 N–H and O–H groups in total. The number of hydrogen-bond acceptors (Lipinski definition) is 4. The van der Waals surface area contributed by atoms with Crippen molar-refractivity contribution in [2.45, 2.75) is 12.5 Å². The zero-order chi connectivity index (χ0) is 19.1. The molecule has 158 valence electrons. The fourth-order valence-electron chi connectivity index (χ4n) is 3.83. The number of ether oxygens (including phenoxy) is 2. The predicted octanol–water partition coefficient (Wildman–Crippen LogP) is 2.36.